The first kappa shape index (κ1) is 24.1. The van der Waals surface area contributed by atoms with Gasteiger partial charge in [0.25, 0.3) is 0 Å². The highest BCUT2D eigenvalue weighted by atomic mass is 35.5. The van der Waals surface area contributed by atoms with Crippen molar-refractivity contribution in [1.29, 1.82) is 0 Å². The van der Waals surface area contributed by atoms with E-state index in [4.69, 9.17) is 27.9 Å². The van der Waals surface area contributed by atoms with Crippen molar-refractivity contribution < 1.29 is 17.9 Å². The van der Waals surface area contributed by atoms with Gasteiger partial charge in [-0.05, 0) is 49.2 Å². The average Bonchev–Trinajstić information content (AvgIpc) is 2.77. The number of nitrogens with one attached hydrogen (secondary N) is 2. The summed E-state index contributed by atoms with van der Waals surface area (Å²) in [4.78, 5) is 13.0. The van der Waals surface area contributed by atoms with Crippen molar-refractivity contribution in [3.63, 3.8) is 0 Å². The highest BCUT2D eigenvalue weighted by Gasteiger charge is 2.29. The van der Waals surface area contributed by atoms with Crippen molar-refractivity contribution in [2.75, 3.05) is 11.9 Å². The lowest BCUT2D eigenvalue weighted by Gasteiger charge is -2.20. The normalized spacial score (nSPS) is 12.2. The Morgan fingerprint density at radius 3 is 2.38 bits per heavy atom. The van der Waals surface area contributed by atoms with Crippen molar-refractivity contribution in [1.82, 2.24) is 4.72 Å². The summed E-state index contributed by atoms with van der Waals surface area (Å²) in [5.41, 5.74) is 1.17. The Balaban J connectivity index is 1.94. The number of benzene rings is 3. The molecule has 1 amide bonds. The van der Waals surface area contributed by atoms with Crippen LogP contribution in [0.5, 0.6) is 5.75 Å². The quantitative estimate of drug-likeness (QED) is 0.443. The molecule has 32 heavy (non-hydrogen) atoms. The molecule has 3 aromatic carbocycles. The third-order valence-corrected chi connectivity index (χ3v) is 6.58. The second-order valence-corrected chi connectivity index (χ2v) is 9.38. The maximum absolute atomic E-state index is 13.2. The molecule has 0 saturated heterocycles. The first-order chi connectivity index (χ1) is 15.3. The molecule has 0 aliphatic carbocycles. The van der Waals surface area contributed by atoms with Gasteiger partial charge in [-0.15, -0.1) is 0 Å². The van der Waals surface area contributed by atoms with Crippen LogP contribution in [0.15, 0.2) is 77.7 Å². The van der Waals surface area contributed by atoms with Gasteiger partial charge in [-0.25, -0.2) is 8.42 Å². The van der Waals surface area contributed by atoms with Gasteiger partial charge in [-0.3, -0.25) is 4.79 Å². The standard InChI is InChI=1S/C23H22Cl2N2O4S/c1-2-31-21-13-12-17(24)15-22(21)32(29,30)27-20(14-16-8-4-3-5-9-16)23(28)26-19-11-7-6-10-18(19)25/h3-13,15,20,27H,2,14H2,1H3,(H,26,28). The molecule has 0 saturated carbocycles. The molecule has 3 aromatic rings. The molecule has 6 nitrogen and oxygen atoms in total. The maximum atomic E-state index is 13.2. The largest absolute Gasteiger partial charge is 0.492 e. The van der Waals surface area contributed by atoms with E-state index in [-0.39, 0.29) is 28.7 Å². The zero-order valence-electron chi connectivity index (χ0n) is 17.2. The van der Waals surface area contributed by atoms with Gasteiger partial charge in [0.05, 0.1) is 17.3 Å². The Morgan fingerprint density at radius 1 is 1.00 bits per heavy atom. The van der Waals surface area contributed by atoms with E-state index in [1.54, 1.807) is 31.2 Å². The summed E-state index contributed by atoms with van der Waals surface area (Å²) >= 11 is 12.2. The van der Waals surface area contributed by atoms with Gasteiger partial charge in [0, 0.05) is 5.02 Å². The summed E-state index contributed by atoms with van der Waals surface area (Å²) in [6.45, 7) is 2.01. The molecule has 0 radical (unpaired) electrons. The third-order valence-electron chi connectivity index (χ3n) is 4.52. The molecular formula is C23H22Cl2N2O4S. The Bertz CT molecular complexity index is 1190. The first-order valence-electron chi connectivity index (χ1n) is 9.84. The van der Waals surface area contributed by atoms with Gasteiger partial charge in [-0.2, -0.15) is 4.72 Å². The Morgan fingerprint density at radius 2 is 1.69 bits per heavy atom. The lowest BCUT2D eigenvalue weighted by atomic mass is 10.1. The molecule has 0 aliphatic rings. The lowest BCUT2D eigenvalue weighted by molar-refractivity contribution is -0.117. The minimum Gasteiger partial charge on any atom is -0.492 e. The van der Waals surface area contributed by atoms with Gasteiger partial charge in [-0.1, -0.05) is 65.7 Å². The highest BCUT2D eigenvalue weighted by Crippen LogP contribution is 2.28. The van der Waals surface area contributed by atoms with Crippen LogP contribution in [0.4, 0.5) is 5.69 Å². The van der Waals surface area contributed by atoms with E-state index in [2.05, 4.69) is 10.0 Å². The van der Waals surface area contributed by atoms with Crippen LogP contribution in [0.3, 0.4) is 0 Å². The molecule has 0 spiro atoms. The topological polar surface area (TPSA) is 84.5 Å². The Hall–Kier alpha value is -2.58. The fourth-order valence-corrected chi connectivity index (χ4v) is 4.82. The summed E-state index contributed by atoms with van der Waals surface area (Å²) in [6.07, 6.45) is 0.126. The van der Waals surface area contributed by atoms with Gasteiger partial charge < -0.3 is 10.1 Å². The Kier molecular flexibility index (Phi) is 8.15. The van der Waals surface area contributed by atoms with Crippen LogP contribution in [0.1, 0.15) is 12.5 Å². The molecule has 2 N–H and O–H groups in total. The van der Waals surface area contributed by atoms with E-state index < -0.39 is 22.0 Å². The van der Waals surface area contributed by atoms with Crippen LogP contribution < -0.4 is 14.8 Å². The minimum atomic E-state index is -4.16. The number of para-hydroxylation sites is 1. The maximum Gasteiger partial charge on any atom is 0.245 e. The molecule has 9 heteroatoms. The van der Waals surface area contributed by atoms with Gasteiger partial charge in [0.1, 0.15) is 16.7 Å². The first-order valence-corrected chi connectivity index (χ1v) is 12.1. The lowest BCUT2D eigenvalue weighted by Crippen LogP contribution is -2.45. The van der Waals surface area contributed by atoms with Crippen LogP contribution in [0, 0.1) is 0 Å². The smallest absolute Gasteiger partial charge is 0.245 e. The number of hydrogen-bond acceptors (Lipinski definition) is 4. The highest BCUT2D eigenvalue weighted by molar-refractivity contribution is 7.89. The molecule has 0 aliphatic heterocycles. The number of ether oxygens (including phenoxy) is 1. The van der Waals surface area contributed by atoms with Crippen molar-refractivity contribution >= 4 is 44.8 Å². The molecular weight excluding hydrogens is 471 g/mol. The van der Waals surface area contributed by atoms with Gasteiger partial charge >= 0.3 is 0 Å². The van der Waals surface area contributed by atoms with Crippen molar-refractivity contribution in [3.8, 4) is 5.75 Å². The third kappa shape index (κ3) is 6.23. The fourth-order valence-electron chi connectivity index (χ4n) is 3.04. The number of rotatable bonds is 9. The Labute approximate surface area is 197 Å². The summed E-state index contributed by atoms with van der Waals surface area (Å²) in [5.74, 6) is -0.403. The molecule has 0 heterocycles. The second-order valence-electron chi connectivity index (χ2n) is 6.86. The summed E-state index contributed by atoms with van der Waals surface area (Å²) in [5, 5.41) is 3.27. The number of carbonyl (C=O) groups excluding carboxylic acids is 1. The molecule has 1 unspecified atom stereocenters. The van der Waals surface area contributed by atoms with Crippen LogP contribution >= 0.6 is 23.2 Å². The number of sulfonamides is 1. The number of halogens is 2. The van der Waals surface area contributed by atoms with E-state index in [0.717, 1.165) is 5.56 Å². The SMILES string of the molecule is CCOc1ccc(Cl)cc1S(=O)(=O)NC(Cc1ccccc1)C(=O)Nc1ccccc1Cl. The molecule has 3 rings (SSSR count). The predicted octanol–water partition coefficient (Wildman–Crippen LogP) is 4.92. The average molecular weight is 493 g/mol. The van der Waals surface area contributed by atoms with Gasteiger partial charge in [0.15, 0.2) is 0 Å². The van der Waals surface area contributed by atoms with Crippen LogP contribution in [-0.4, -0.2) is 27.0 Å². The molecule has 1 atom stereocenters. The predicted molar refractivity (Wildman–Crippen MR) is 127 cm³/mol. The number of carbonyl (C=O) groups is 1. The molecule has 0 aromatic heterocycles. The minimum absolute atomic E-state index is 0.126. The molecule has 0 fully saturated rings. The van der Waals surface area contributed by atoms with Crippen molar-refractivity contribution in [2.24, 2.45) is 0 Å². The van der Waals surface area contributed by atoms with E-state index in [0.29, 0.717) is 10.7 Å². The van der Waals surface area contributed by atoms with E-state index in [1.165, 1.54) is 18.2 Å². The zero-order valence-corrected chi connectivity index (χ0v) is 19.5. The van der Waals surface area contributed by atoms with E-state index in [9.17, 15) is 13.2 Å². The second kappa shape index (κ2) is 10.8. The number of amides is 1. The van der Waals surface area contributed by atoms with Gasteiger partial charge in [0.2, 0.25) is 15.9 Å². The molecule has 168 valence electrons. The van der Waals surface area contributed by atoms with Crippen molar-refractivity contribution in [2.45, 2.75) is 24.3 Å². The van der Waals surface area contributed by atoms with Crippen molar-refractivity contribution in [3.05, 3.63) is 88.4 Å². The zero-order chi connectivity index (χ0) is 23.1. The summed E-state index contributed by atoms with van der Waals surface area (Å²) < 4.78 is 34.5. The van der Waals surface area contributed by atoms with Crippen LogP contribution in [0.2, 0.25) is 10.0 Å². The monoisotopic (exact) mass is 492 g/mol. The van der Waals surface area contributed by atoms with Crippen LogP contribution in [0.25, 0.3) is 0 Å². The summed E-state index contributed by atoms with van der Waals surface area (Å²) in [7, 11) is -4.16. The number of hydrogen-bond donors (Lipinski definition) is 2. The van der Waals surface area contributed by atoms with E-state index in [1.807, 2.05) is 30.3 Å². The van der Waals surface area contributed by atoms with E-state index >= 15 is 0 Å². The molecule has 0 bridgehead atoms. The van der Waals surface area contributed by atoms with Crippen LogP contribution in [-0.2, 0) is 21.2 Å². The number of anilines is 1. The summed E-state index contributed by atoms with van der Waals surface area (Å²) in [6, 6.07) is 19.0. The fraction of sp³-hybridized carbons (Fsp3) is 0.174.